The zero-order valence-corrected chi connectivity index (χ0v) is 23.7. The third-order valence-corrected chi connectivity index (χ3v) is 10.7. The van der Waals surface area contributed by atoms with E-state index in [2.05, 4.69) is 22.0 Å². The molecule has 0 spiro atoms. The molecule has 2 atom stereocenters. The maximum atomic E-state index is 14.9. The first kappa shape index (κ1) is 29.7. The quantitative estimate of drug-likeness (QED) is 0.343. The number of likely N-dealkylation sites (tertiary alicyclic amines) is 1. The SMILES string of the molecule is C=NCC1(NC(=O)[C@@H]2C[C@@H](S(=O)(=O)c3cc(C(F)(F)F)ccc3Cl)CN2C(=O)C2(c3ncc(Cl)cc3F)CC2)CC1. The summed E-state index contributed by atoms with van der Waals surface area (Å²) in [5, 5.41) is 0.960. The van der Waals surface area contributed by atoms with Crippen LogP contribution in [0.3, 0.4) is 0 Å². The molecule has 5 rings (SSSR count). The summed E-state index contributed by atoms with van der Waals surface area (Å²) >= 11 is 11.9. The van der Waals surface area contributed by atoms with Gasteiger partial charge in [0.2, 0.25) is 11.8 Å². The minimum absolute atomic E-state index is 0.0163. The first-order valence-corrected chi connectivity index (χ1v) is 14.9. The van der Waals surface area contributed by atoms with Crippen LogP contribution in [-0.4, -0.2) is 66.8 Å². The molecule has 0 bridgehead atoms. The van der Waals surface area contributed by atoms with Crippen molar-refractivity contribution in [2.24, 2.45) is 4.99 Å². The van der Waals surface area contributed by atoms with Gasteiger partial charge in [0.05, 0.1) is 48.9 Å². The Morgan fingerprint density at radius 1 is 1.17 bits per heavy atom. The number of benzene rings is 1. The summed E-state index contributed by atoms with van der Waals surface area (Å²) in [5.74, 6) is -2.17. The van der Waals surface area contributed by atoms with Gasteiger partial charge in [0.15, 0.2) is 9.84 Å². The van der Waals surface area contributed by atoms with Gasteiger partial charge in [0, 0.05) is 12.7 Å². The van der Waals surface area contributed by atoms with Gasteiger partial charge in [-0.1, -0.05) is 23.2 Å². The van der Waals surface area contributed by atoms with E-state index in [1.54, 1.807) is 0 Å². The van der Waals surface area contributed by atoms with Gasteiger partial charge in [-0.05, 0) is 63.1 Å². The highest BCUT2D eigenvalue weighted by molar-refractivity contribution is 7.92. The molecule has 2 amide bonds. The van der Waals surface area contributed by atoms with Gasteiger partial charge in [0.1, 0.15) is 11.9 Å². The summed E-state index contributed by atoms with van der Waals surface area (Å²) < 4.78 is 82.3. The van der Waals surface area contributed by atoms with Crippen molar-refractivity contribution >= 4 is 51.6 Å². The predicted molar refractivity (Wildman–Crippen MR) is 142 cm³/mol. The number of nitrogens with zero attached hydrogens (tertiary/aromatic N) is 3. The van der Waals surface area contributed by atoms with Gasteiger partial charge in [0.25, 0.3) is 0 Å². The third-order valence-electron chi connectivity index (χ3n) is 7.91. The Hall–Kier alpha value is -2.77. The molecule has 1 aromatic carbocycles. The van der Waals surface area contributed by atoms with Gasteiger partial charge in [-0.15, -0.1) is 0 Å². The number of carbonyl (C=O) groups is 2. The van der Waals surface area contributed by atoms with E-state index in [0.29, 0.717) is 25.0 Å². The topological polar surface area (TPSA) is 109 Å². The Balaban J connectivity index is 1.51. The van der Waals surface area contributed by atoms with Crippen molar-refractivity contribution < 1.29 is 35.6 Å². The van der Waals surface area contributed by atoms with E-state index in [4.69, 9.17) is 23.2 Å². The summed E-state index contributed by atoms with van der Waals surface area (Å²) in [6.07, 6.45) is -2.46. The number of aromatic nitrogens is 1. The average Bonchev–Trinajstić information content (AvgIpc) is 3.80. The molecule has 2 aromatic rings. The lowest BCUT2D eigenvalue weighted by atomic mass is 9.98. The predicted octanol–water partition coefficient (Wildman–Crippen LogP) is 4.37. The fraction of sp³-hybridized carbons (Fsp3) is 0.462. The molecule has 2 saturated carbocycles. The molecule has 1 N–H and O–H groups in total. The smallest absolute Gasteiger partial charge is 0.347 e. The molecule has 3 aliphatic rings. The van der Waals surface area contributed by atoms with E-state index in [-0.39, 0.29) is 30.1 Å². The highest BCUT2D eigenvalue weighted by Crippen LogP contribution is 2.51. The van der Waals surface area contributed by atoms with Crippen molar-refractivity contribution in [2.45, 2.75) is 65.4 Å². The first-order valence-electron chi connectivity index (χ1n) is 12.6. The number of pyridine rings is 1. The van der Waals surface area contributed by atoms with Gasteiger partial charge in [-0.3, -0.25) is 19.6 Å². The number of aliphatic imine (C=N–C) groups is 1. The van der Waals surface area contributed by atoms with E-state index in [9.17, 15) is 35.6 Å². The largest absolute Gasteiger partial charge is 0.416 e. The summed E-state index contributed by atoms with van der Waals surface area (Å²) in [6, 6.07) is 1.65. The van der Waals surface area contributed by atoms with E-state index >= 15 is 0 Å². The Kier molecular flexibility index (Phi) is 7.39. The number of amides is 2. The average molecular weight is 635 g/mol. The highest BCUT2D eigenvalue weighted by Gasteiger charge is 2.60. The normalized spacial score (nSPS) is 22.7. The van der Waals surface area contributed by atoms with Gasteiger partial charge >= 0.3 is 6.18 Å². The summed E-state index contributed by atoms with van der Waals surface area (Å²) in [4.78, 5) is 35.6. The molecule has 0 unspecified atom stereocenters. The zero-order chi connectivity index (χ0) is 30.0. The van der Waals surface area contributed by atoms with Crippen LogP contribution in [0.2, 0.25) is 10.0 Å². The van der Waals surface area contributed by atoms with Gasteiger partial charge in [-0.25, -0.2) is 12.8 Å². The van der Waals surface area contributed by atoms with Gasteiger partial charge < -0.3 is 10.2 Å². The standard InChI is InChI=1S/C26H24Cl2F4N4O4S/c1-33-13-24(4-5-24)35-22(37)19-10-16(41(39,40)20-8-14(26(30,31)32)2-3-17(20)28)12-36(19)23(38)25(6-7-25)21-18(29)9-15(27)11-34-21/h2-3,8-9,11,16,19H,1,4-7,10,12-13H2,(H,35,37)/t16-,19+/m1/s1. The second-order valence-corrected chi connectivity index (χ2v) is 13.8. The molecule has 220 valence electrons. The summed E-state index contributed by atoms with van der Waals surface area (Å²) in [5.41, 5.74) is -3.49. The van der Waals surface area contributed by atoms with Crippen LogP contribution in [0.4, 0.5) is 17.6 Å². The number of halogens is 6. The molecule has 0 radical (unpaired) electrons. The summed E-state index contributed by atoms with van der Waals surface area (Å²) in [6.45, 7) is 3.14. The van der Waals surface area contributed by atoms with Crippen LogP contribution in [0.5, 0.6) is 0 Å². The van der Waals surface area contributed by atoms with Crippen LogP contribution < -0.4 is 5.32 Å². The number of carbonyl (C=O) groups excluding carboxylic acids is 2. The molecular formula is C26H24Cl2F4N4O4S. The lowest BCUT2D eigenvalue weighted by Gasteiger charge is -2.29. The lowest BCUT2D eigenvalue weighted by molar-refractivity contribution is -0.140. The molecule has 1 saturated heterocycles. The van der Waals surface area contributed by atoms with Crippen molar-refractivity contribution in [1.82, 2.24) is 15.2 Å². The van der Waals surface area contributed by atoms with E-state index in [0.717, 1.165) is 17.0 Å². The van der Waals surface area contributed by atoms with Crippen LogP contribution in [0.1, 0.15) is 43.4 Å². The number of hydrogen-bond donors (Lipinski definition) is 1. The first-order chi connectivity index (χ1) is 19.1. The van der Waals surface area contributed by atoms with Crippen molar-refractivity contribution in [3.63, 3.8) is 0 Å². The van der Waals surface area contributed by atoms with Crippen LogP contribution in [0.15, 0.2) is 40.4 Å². The highest BCUT2D eigenvalue weighted by atomic mass is 35.5. The minimum atomic E-state index is -4.83. The Labute approximate surface area is 243 Å². The monoisotopic (exact) mass is 634 g/mol. The number of sulfone groups is 1. The number of rotatable bonds is 8. The molecule has 41 heavy (non-hydrogen) atoms. The van der Waals surface area contributed by atoms with Crippen molar-refractivity contribution in [1.29, 1.82) is 0 Å². The molecule has 2 heterocycles. The maximum absolute atomic E-state index is 14.9. The van der Waals surface area contributed by atoms with E-state index in [1.807, 2.05) is 0 Å². The molecule has 1 aliphatic heterocycles. The zero-order valence-electron chi connectivity index (χ0n) is 21.3. The minimum Gasteiger partial charge on any atom is -0.347 e. The molecular weight excluding hydrogens is 611 g/mol. The Morgan fingerprint density at radius 2 is 1.85 bits per heavy atom. The number of nitrogens with one attached hydrogen (secondary N) is 1. The number of hydrogen-bond acceptors (Lipinski definition) is 6. The maximum Gasteiger partial charge on any atom is 0.416 e. The second kappa shape index (κ2) is 10.2. The molecule has 8 nitrogen and oxygen atoms in total. The van der Waals surface area contributed by atoms with Crippen molar-refractivity contribution in [2.75, 3.05) is 13.1 Å². The lowest BCUT2D eigenvalue weighted by Crippen LogP contribution is -2.52. The molecule has 1 aromatic heterocycles. The van der Waals surface area contributed by atoms with E-state index < -0.39 is 84.3 Å². The molecule has 15 heteroatoms. The third kappa shape index (κ3) is 5.43. The van der Waals surface area contributed by atoms with Crippen LogP contribution >= 0.6 is 23.2 Å². The van der Waals surface area contributed by atoms with Crippen molar-refractivity contribution in [3.8, 4) is 0 Å². The Morgan fingerprint density at radius 3 is 2.41 bits per heavy atom. The number of alkyl halides is 3. The second-order valence-electron chi connectivity index (χ2n) is 10.7. The van der Waals surface area contributed by atoms with Crippen LogP contribution in [0.25, 0.3) is 0 Å². The molecule has 2 aliphatic carbocycles. The van der Waals surface area contributed by atoms with E-state index in [1.165, 1.54) is 6.20 Å². The van der Waals surface area contributed by atoms with Crippen LogP contribution in [0, 0.1) is 5.82 Å². The summed E-state index contributed by atoms with van der Waals surface area (Å²) in [7, 11) is -4.57. The molecule has 3 fully saturated rings. The Bertz CT molecular complexity index is 1540. The fourth-order valence-electron chi connectivity index (χ4n) is 5.32. The van der Waals surface area contributed by atoms with Crippen molar-refractivity contribution in [3.05, 3.63) is 57.6 Å². The fourth-order valence-corrected chi connectivity index (χ4v) is 7.69. The van der Waals surface area contributed by atoms with Gasteiger partial charge in [-0.2, -0.15) is 13.2 Å². The van der Waals surface area contributed by atoms with Crippen LogP contribution in [-0.2, 0) is 31.0 Å².